The van der Waals surface area contributed by atoms with Crippen LogP contribution in [-0.2, 0) is 24.3 Å². The number of benzene rings is 1. The van der Waals surface area contributed by atoms with Crippen LogP contribution in [0.1, 0.15) is 53.6 Å². The number of rotatable bonds is 11. The molecular weight excluding hydrogens is 498 g/mol. The first-order chi connectivity index (χ1) is 17.6. The molecule has 0 fully saturated rings. The number of hydrogen-bond donors (Lipinski definition) is 1. The van der Waals surface area contributed by atoms with E-state index in [1.165, 1.54) is 5.56 Å². The van der Waals surface area contributed by atoms with Gasteiger partial charge in [-0.05, 0) is 42.5 Å². The summed E-state index contributed by atoms with van der Waals surface area (Å²) in [7, 11) is -1.16. The van der Waals surface area contributed by atoms with Gasteiger partial charge in [-0.25, -0.2) is 4.68 Å². The lowest BCUT2D eigenvalue weighted by Gasteiger charge is -2.30. The molecule has 0 saturated carbocycles. The second-order valence-corrected chi connectivity index (χ2v) is 18.5. The molecule has 0 bridgehead atoms. The van der Waals surface area contributed by atoms with Crippen molar-refractivity contribution in [1.29, 1.82) is 0 Å². The van der Waals surface area contributed by atoms with Gasteiger partial charge in [-0.1, -0.05) is 63.8 Å². The average Bonchev–Trinajstić information content (AvgIpc) is 3.44. The van der Waals surface area contributed by atoms with E-state index in [1.54, 1.807) is 18.0 Å². The van der Waals surface area contributed by atoms with Crippen LogP contribution in [0.2, 0.25) is 25.7 Å². The van der Waals surface area contributed by atoms with Crippen molar-refractivity contribution in [1.82, 2.24) is 19.6 Å². The van der Waals surface area contributed by atoms with Crippen LogP contribution in [0.15, 0.2) is 42.7 Å². The molecule has 1 unspecified atom stereocenters. The van der Waals surface area contributed by atoms with Crippen LogP contribution < -0.4 is 5.32 Å². The fourth-order valence-corrected chi connectivity index (χ4v) is 6.16. The number of fused-ring (bicyclic) bond motifs is 1. The van der Waals surface area contributed by atoms with Crippen LogP contribution in [0.25, 0.3) is 0 Å². The number of carbonyl (C=O) groups excluding carboxylic acids is 1. The van der Waals surface area contributed by atoms with Crippen molar-refractivity contribution < 1.29 is 9.53 Å². The molecule has 2 heterocycles. The highest BCUT2D eigenvalue weighted by atomic mass is 32.2. The molecule has 1 aliphatic carbocycles. The molecule has 1 amide bonds. The summed E-state index contributed by atoms with van der Waals surface area (Å²) in [6, 6.07) is 11.6. The minimum Gasteiger partial charge on any atom is -0.360 e. The molecular formula is C28H41N5O2SSi. The third kappa shape index (κ3) is 7.15. The van der Waals surface area contributed by atoms with Gasteiger partial charge < -0.3 is 10.1 Å². The maximum Gasteiger partial charge on any atom is 0.276 e. The smallest absolute Gasteiger partial charge is 0.276 e. The Labute approximate surface area is 226 Å². The number of amides is 1. The Morgan fingerprint density at radius 3 is 2.70 bits per heavy atom. The van der Waals surface area contributed by atoms with Crippen LogP contribution in [0, 0.1) is 5.41 Å². The van der Waals surface area contributed by atoms with E-state index in [0.717, 1.165) is 48.9 Å². The molecule has 0 spiro atoms. The van der Waals surface area contributed by atoms with Gasteiger partial charge in [-0.15, -0.1) is 0 Å². The normalized spacial score (nSPS) is 15.8. The van der Waals surface area contributed by atoms with E-state index in [2.05, 4.69) is 62.3 Å². The summed E-state index contributed by atoms with van der Waals surface area (Å²) in [5.74, 6) is 0.710. The van der Waals surface area contributed by atoms with E-state index in [-0.39, 0.29) is 17.4 Å². The summed E-state index contributed by atoms with van der Waals surface area (Å²) in [5, 5.41) is 12.4. The van der Waals surface area contributed by atoms with Crippen molar-refractivity contribution in [2.75, 3.05) is 23.9 Å². The Kier molecular flexibility index (Phi) is 8.65. The maximum absolute atomic E-state index is 13.4. The molecule has 7 nitrogen and oxygen atoms in total. The zero-order valence-electron chi connectivity index (χ0n) is 23.1. The summed E-state index contributed by atoms with van der Waals surface area (Å²) in [5.41, 5.74) is 4.76. The van der Waals surface area contributed by atoms with Gasteiger partial charge in [0.1, 0.15) is 6.73 Å². The molecule has 3 aromatic rings. The standard InChI is InChI=1S/C28H41N5O2SSi/c1-28(2)13-12-23-24(16-28)33(20-35-14-15-37(4,5)6)31-26(23)27(34)30-22-17-29-32(18-22)25(19-36-3)21-10-8-7-9-11-21/h7-11,17-18,25H,12-16,19-20H2,1-6H3,(H,30,34). The van der Waals surface area contributed by atoms with Gasteiger partial charge in [0.15, 0.2) is 5.69 Å². The molecule has 2 aromatic heterocycles. The Morgan fingerprint density at radius 2 is 2.00 bits per heavy atom. The first kappa shape index (κ1) is 27.7. The van der Waals surface area contributed by atoms with E-state index in [9.17, 15) is 4.79 Å². The van der Waals surface area contributed by atoms with Crippen molar-refractivity contribution in [3.05, 3.63) is 65.2 Å². The topological polar surface area (TPSA) is 74.0 Å². The molecule has 1 aliphatic rings. The van der Waals surface area contributed by atoms with Crippen molar-refractivity contribution in [3.8, 4) is 0 Å². The maximum atomic E-state index is 13.4. The molecule has 37 heavy (non-hydrogen) atoms. The number of nitrogens with zero attached hydrogens (tertiary/aromatic N) is 4. The van der Waals surface area contributed by atoms with Gasteiger partial charge >= 0.3 is 0 Å². The number of carbonyl (C=O) groups is 1. The molecule has 1 N–H and O–H groups in total. The van der Waals surface area contributed by atoms with Gasteiger partial charge in [0.25, 0.3) is 5.91 Å². The molecule has 4 rings (SSSR count). The Balaban J connectivity index is 1.51. The van der Waals surface area contributed by atoms with Crippen molar-refractivity contribution in [2.45, 2.75) is 71.6 Å². The van der Waals surface area contributed by atoms with E-state index in [1.807, 2.05) is 33.8 Å². The van der Waals surface area contributed by atoms with Gasteiger partial charge in [-0.3, -0.25) is 9.48 Å². The summed E-state index contributed by atoms with van der Waals surface area (Å²) in [4.78, 5) is 13.4. The second kappa shape index (κ2) is 11.6. The zero-order chi connectivity index (χ0) is 26.6. The molecule has 0 aliphatic heterocycles. The highest BCUT2D eigenvalue weighted by Gasteiger charge is 2.33. The van der Waals surface area contributed by atoms with Crippen molar-refractivity contribution >= 4 is 31.4 Å². The quantitative estimate of drug-likeness (QED) is 0.235. The minimum atomic E-state index is -1.16. The Bertz CT molecular complexity index is 1200. The van der Waals surface area contributed by atoms with Crippen molar-refractivity contribution in [3.63, 3.8) is 0 Å². The third-order valence-electron chi connectivity index (χ3n) is 6.98. The number of aromatic nitrogens is 4. The monoisotopic (exact) mass is 539 g/mol. The molecule has 0 radical (unpaired) electrons. The molecule has 200 valence electrons. The fraction of sp³-hybridized carbons (Fsp3) is 0.536. The van der Waals surface area contributed by atoms with Gasteiger partial charge in [0.2, 0.25) is 0 Å². The van der Waals surface area contributed by atoms with Gasteiger partial charge in [0.05, 0.1) is 17.9 Å². The van der Waals surface area contributed by atoms with Crippen LogP contribution >= 0.6 is 11.8 Å². The van der Waals surface area contributed by atoms with Crippen LogP contribution in [0.5, 0.6) is 0 Å². The molecule has 1 atom stereocenters. The number of anilines is 1. The second-order valence-electron chi connectivity index (χ2n) is 12.0. The predicted octanol–water partition coefficient (Wildman–Crippen LogP) is 6.11. The van der Waals surface area contributed by atoms with E-state index < -0.39 is 8.07 Å². The molecule has 9 heteroatoms. The molecule has 0 saturated heterocycles. The largest absolute Gasteiger partial charge is 0.360 e. The summed E-state index contributed by atoms with van der Waals surface area (Å²) >= 11 is 1.78. The minimum absolute atomic E-state index is 0.101. The summed E-state index contributed by atoms with van der Waals surface area (Å²) in [6.45, 7) is 12.7. The van der Waals surface area contributed by atoms with Crippen LogP contribution in [-0.4, -0.2) is 52.2 Å². The third-order valence-corrected chi connectivity index (χ3v) is 9.33. The Morgan fingerprint density at radius 1 is 1.24 bits per heavy atom. The predicted molar refractivity (Wildman–Crippen MR) is 155 cm³/mol. The fourth-order valence-electron chi connectivity index (χ4n) is 4.74. The van der Waals surface area contributed by atoms with E-state index in [0.29, 0.717) is 18.1 Å². The highest BCUT2D eigenvalue weighted by Crippen LogP contribution is 2.36. The van der Waals surface area contributed by atoms with Gasteiger partial charge in [0, 0.05) is 37.9 Å². The SMILES string of the molecule is CSCC(c1ccccc1)n1cc(NC(=O)c2nn(COCC[Si](C)(C)C)c3c2CCC(C)(C)C3)cn1. The number of thioether (sulfide) groups is 1. The number of nitrogens with one attached hydrogen (secondary N) is 1. The first-order valence-corrected chi connectivity index (χ1v) is 18.2. The first-order valence-electron chi connectivity index (χ1n) is 13.1. The lowest BCUT2D eigenvalue weighted by atomic mass is 9.76. The average molecular weight is 540 g/mol. The summed E-state index contributed by atoms with van der Waals surface area (Å²) < 4.78 is 9.88. The van der Waals surface area contributed by atoms with E-state index in [4.69, 9.17) is 9.84 Å². The number of ether oxygens (including phenoxy) is 1. The summed E-state index contributed by atoms with van der Waals surface area (Å²) in [6.07, 6.45) is 8.51. The van der Waals surface area contributed by atoms with Crippen molar-refractivity contribution in [2.24, 2.45) is 5.41 Å². The van der Waals surface area contributed by atoms with Crippen LogP contribution in [0.3, 0.4) is 0 Å². The lowest BCUT2D eigenvalue weighted by Crippen LogP contribution is -2.25. The molecule has 1 aromatic carbocycles. The number of hydrogen-bond acceptors (Lipinski definition) is 5. The van der Waals surface area contributed by atoms with E-state index >= 15 is 0 Å². The Hall–Kier alpha value is -2.36. The highest BCUT2D eigenvalue weighted by molar-refractivity contribution is 7.98. The zero-order valence-corrected chi connectivity index (χ0v) is 24.9. The lowest BCUT2D eigenvalue weighted by molar-refractivity contribution is 0.0742. The van der Waals surface area contributed by atoms with Crippen LogP contribution in [0.4, 0.5) is 5.69 Å². The van der Waals surface area contributed by atoms with Gasteiger partial charge in [-0.2, -0.15) is 22.0 Å².